The number of aryl methyl sites for hydroxylation is 3. The molecule has 3 aromatic rings. The highest BCUT2D eigenvalue weighted by Gasteiger charge is 2.07. The maximum absolute atomic E-state index is 4.66. The summed E-state index contributed by atoms with van der Waals surface area (Å²) in [5.41, 5.74) is 4.17. The third-order valence-corrected chi connectivity index (χ3v) is 4.98. The number of nitrogens with zero attached hydrogens (tertiary/aromatic N) is 4. The molecule has 8 heteroatoms. The van der Waals surface area contributed by atoms with Crippen LogP contribution in [-0.4, -0.2) is 26.9 Å². The van der Waals surface area contributed by atoms with Gasteiger partial charge in [-0.15, -0.1) is 35.3 Å². The number of thiazole rings is 1. The number of halogens is 1. The minimum absolute atomic E-state index is 0. The fourth-order valence-corrected chi connectivity index (χ4v) is 3.56. The summed E-state index contributed by atoms with van der Waals surface area (Å²) in [6.07, 6.45) is 2.05. The second kappa shape index (κ2) is 9.31. The van der Waals surface area contributed by atoms with Crippen LogP contribution in [-0.2, 0) is 13.1 Å². The first-order valence-corrected chi connectivity index (χ1v) is 9.27. The summed E-state index contributed by atoms with van der Waals surface area (Å²) in [5.74, 6) is 0.793. The molecule has 0 radical (unpaired) electrons. The molecule has 0 fully saturated rings. The fourth-order valence-electron chi connectivity index (χ4n) is 2.68. The second-order valence-electron chi connectivity index (χ2n) is 5.92. The topological polar surface area (TPSA) is 66.6 Å². The van der Waals surface area contributed by atoms with E-state index < -0.39 is 0 Å². The molecule has 0 spiro atoms. The largest absolute Gasteiger partial charge is 0.357 e. The number of aliphatic imine (C=N–C) groups is 1. The van der Waals surface area contributed by atoms with Crippen LogP contribution in [0.3, 0.4) is 0 Å². The number of imidazole rings is 1. The summed E-state index contributed by atoms with van der Waals surface area (Å²) in [6, 6.07) is 6.11. The zero-order valence-electron chi connectivity index (χ0n) is 15.5. The fraction of sp³-hybridized carbons (Fsp3) is 0.389. The molecule has 0 aromatic carbocycles. The van der Waals surface area contributed by atoms with Crippen LogP contribution in [0.1, 0.15) is 33.9 Å². The molecular weight excluding hydrogens is 459 g/mol. The SMILES string of the molecule is CCNC(=NCc1cn2c(C)cccc2n1)NCc1sc(C)nc1C.I. The minimum atomic E-state index is 0. The normalized spacial score (nSPS) is 11.5. The summed E-state index contributed by atoms with van der Waals surface area (Å²) >= 11 is 1.72. The maximum Gasteiger partial charge on any atom is 0.191 e. The van der Waals surface area contributed by atoms with Gasteiger partial charge >= 0.3 is 0 Å². The van der Waals surface area contributed by atoms with Crippen LogP contribution >= 0.6 is 35.3 Å². The molecule has 0 amide bonds. The Labute approximate surface area is 175 Å². The average molecular weight is 484 g/mol. The number of aromatic nitrogens is 3. The van der Waals surface area contributed by atoms with E-state index in [1.54, 1.807) is 11.3 Å². The van der Waals surface area contributed by atoms with Gasteiger partial charge in [-0.2, -0.15) is 0 Å². The third-order valence-electron chi connectivity index (χ3n) is 3.91. The van der Waals surface area contributed by atoms with Crippen molar-refractivity contribution in [2.24, 2.45) is 4.99 Å². The van der Waals surface area contributed by atoms with Crippen molar-refractivity contribution < 1.29 is 0 Å². The van der Waals surface area contributed by atoms with Gasteiger partial charge in [0.05, 0.1) is 29.5 Å². The van der Waals surface area contributed by atoms with Crippen molar-refractivity contribution in [3.63, 3.8) is 0 Å². The van der Waals surface area contributed by atoms with Gasteiger partial charge in [-0.1, -0.05) is 6.07 Å². The van der Waals surface area contributed by atoms with Crippen molar-refractivity contribution in [2.45, 2.75) is 40.8 Å². The second-order valence-corrected chi connectivity index (χ2v) is 7.21. The highest BCUT2D eigenvalue weighted by Crippen LogP contribution is 2.16. The van der Waals surface area contributed by atoms with E-state index in [2.05, 4.69) is 56.1 Å². The van der Waals surface area contributed by atoms with E-state index in [0.29, 0.717) is 6.54 Å². The van der Waals surface area contributed by atoms with Crippen LogP contribution in [0, 0.1) is 20.8 Å². The maximum atomic E-state index is 4.66. The Kier molecular flexibility index (Phi) is 7.39. The van der Waals surface area contributed by atoms with Gasteiger partial charge < -0.3 is 15.0 Å². The van der Waals surface area contributed by atoms with E-state index in [0.717, 1.165) is 41.1 Å². The van der Waals surface area contributed by atoms with E-state index in [9.17, 15) is 0 Å². The summed E-state index contributed by atoms with van der Waals surface area (Å²) in [5, 5.41) is 7.76. The Balaban J connectivity index is 0.00000243. The molecule has 3 rings (SSSR count). The van der Waals surface area contributed by atoms with Crippen molar-refractivity contribution in [2.75, 3.05) is 6.54 Å². The van der Waals surface area contributed by atoms with E-state index in [1.807, 2.05) is 26.0 Å². The lowest BCUT2D eigenvalue weighted by molar-refractivity contribution is 0.816. The first-order chi connectivity index (χ1) is 12.1. The van der Waals surface area contributed by atoms with E-state index >= 15 is 0 Å². The van der Waals surface area contributed by atoms with Crippen molar-refractivity contribution >= 4 is 46.9 Å². The highest BCUT2D eigenvalue weighted by atomic mass is 127. The van der Waals surface area contributed by atoms with Crippen LogP contribution in [0.5, 0.6) is 0 Å². The van der Waals surface area contributed by atoms with Crippen LogP contribution in [0.2, 0.25) is 0 Å². The van der Waals surface area contributed by atoms with Gasteiger partial charge in [-0.05, 0) is 39.8 Å². The van der Waals surface area contributed by atoms with Gasteiger partial charge in [0.2, 0.25) is 0 Å². The van der Waals surface area contributed by atoms with Gasteiger partial charge in [-0.25, -0.2) is 15.0 Å². The van der Waals surface area contributed by atoms with Crippen LogP contribution in [0.4, 0.5) is 0 Å². The number of nitrogens with one attached hydrogen (secondary N) is 2. The first kappa shape index (κ1) is 20.6. The molecule has 2 N–H and O–H groups in total. The molecule has 26 heavy (non-hydrogen) atoms. The van der Waals surface area contributed by atoms with Gasteiger partial charge in [0, 0.05) is 23.3 Å². The Morgan fingerprint density at radius 2 is 2.00 bits per heavy atom. The molecule has 0 unspecified atom stereocenters. The molecule has 6 nitrogen and oxygen atoms in total. The predicted molar refractivity (Wildman–Crippen MR) is 119 cm³/mol. The Morgan fingerprint density at radius 1 is 1.19 bits per heavy atom. The summed E-state index contributed by atoms with van der Waals surface area (Å²) in [6.45, 7) is 10.3. The molecule has 3 aromatic heterocycles. The zero-order chi connectivity index (χ0) is 17.8. The van der Waals surface area contributed by atoms with Crippen LogP contribution in [0.25, 0.3) is 5.65 Å². The highest BCUT2D eigenvalue weighted by molar-refractivity contribution is 14.0. The molecule has 0 atom stereocenters. The standard InChI is InChI=1S/C18H24N6S.HI/c1-5-19-18(21-10-16-13(3)22-14(4)25-16)20-9-15-11-24-12(2)7-6-8-17(24)23-15;/h6-8,11H,5,9-10H2,1-4H3,(H2,19,20,21);1H. The lowest BCUT2D eigenvalue weighted by Crippen LogP contribution is -2.36. The molecule has 0 aliphatic heterocycles. The van der Waals surface area contributed by atoms with Gasteiger partial charge in [0.15, 0.2) is 5.96 Å². The summed E-state index contributed by atoms with van der Waals surface area (Å²) in [4.78, 5) is 15.0. The van der Waals surface area contributed by atoms with Crippen molar-refractivity contribution in [3.05, 3.63) is 51.4 Å². The monoisotopic (exact) mass is 484 g/mol. The lowest BCUT2D eigenvalue weighted by Gasteiger charge is -2.10. The zero-order valence-corrected chi connectivity index (χ0v) is 18.7. The number of rotatable bonds is 5. The Hall–Kier alpha value is -1.68. The number of fused-ring (bicyclic) bond motifs is 1. The quantitative estimate of drug-likeness (QED) is 0.330. The lowest BCUT2D eigenvalue weighted by atomic mass is 10.4. The number of hydrogen-bond acceptors (Lipinski definition) is 4. The van der Waals surface area contributed by atoms with Crippen molar-refractivity contribution in [3.8, 4) is 0 Å². The summed E-state index contributed by atoms with van der Waals surface area (Å²) < 4.78 is 2.09. The molecule has 0 aliphatic rings. The Morgan fingerprint density at radius 3 is 2.65 bits per heavy atom. The van der Waals surface area contributed by atoms with Crippen LogP contribution in [0.15, 0.2) is 29.4 Å². The van der Waals surface area contributed by atoms with Crippen LogP contribution < -0.4 is 10.6 Å². The molecule has 0 saturated heterocycles. The molecule has 0 saturated carbocycles. The van der Waals surface area contributed by atoms with Crippen molar-refractivity contribution in [1.82, 2.24) is 25.0 Å². The van der Waals surface area contributed by atoms with E-state index in [4.69, 9.17) is 0 Å². The molecule has 3 heterocycles. The Bertz CT molecular complexity index is 898. The molecular formula is C18H25IN6S. The molecule has 140 valence electrons. The predicted octanol–water partition coefficient (Wildman–Crippen LogP) is 3.59. The molecule has 0 bridgehead atoms. The van der Waals surface area contributed by atoms with Gasteiger partial charge in [-0.3, -0.25) is 0 Å². The van der Waals surface area contributed by atoms with E-state index in [-0.39, 0.29) is 24.0 Å². The van der Waals surface area contributed by atoms with Crippen molar-refractivity contribution in [1.29, 1.82) is 0 Å². The smallest absolute Gasteiger partial charge is 0.191 e. The summed E-state index contributed by atoms with van der Waals surface area (Å²) in [7, 11) is 0. The number of guanidine groups is 1. The minimum Gasteiger partial charge on any atom is -0.357 e. The number of hydrogen-bond donors (Lipinski definition) is 2. The molecule has 0 aliphatic carbocycles. The average Bonchev–Trinajstić information content (AvgIpc) is 3.13. The third kappa shape index (κ3) is 4.94. The number of pyridine rings is 1. The van der Waals surface area contributed by atoms with Gasteiger partial charge in [0.1, 0.15) is 5.65 Å². The first-order valence-electron chi connectivity index (χ1n) is 8.45. The van der Waals surface area contributed by atoms with Gasteiger partial charge in [0.25, 0.3) is 0 Å². The van der Waals surface area contributed by atoms with E-state index in [1.165, 1.54) is 10.6 Å².